The molecule has 4 rings (SSSR count). The minimum absolute atomic E-state index is 0.0596. The number of hydrogen-bond acceptors (Lipinski definition) is 6. The van der Waals surface area contributed by atoms with Crippen molar-refractivity contribution in [2.24, 2.45) is 0 Å². The molecule has 0 radical (unpaired) electrons. The van der Waals surface area contributed by atoms with E-state index in [0.29, 0.717) is 39.3 Å². The van der Waals surface area contributed by atoms with Crippen LogP contribution in [0.5, 0.6) is 0 Å². The number of aromatic nitrogens is 2. The Hall–Kier alpha value is -3.94. The Bertz CT molecular complexity index is 1280. The number of carbonyl (C=O) groups is 2. The van der Waals surface area contributed by atoms with Gasteiger partial charge in [0.15, 0.2) is 5.69 Å². The normalized spacial score (nSPS) is 11.0. The number of rotatable bonds is 5. The zero-order valence-corrected chi connectivity index (χ0v) is 16.5. The van der Waals surface area contributed by atoms with Gasteiger partial charge >= 0.3 is 5.97 Å². The monoisotopic (exact) mass is 405 g/mol. The van der Waals surface area contributed by atoms with Crippen molar-refractivity contribution in [3.63, 3.8) is 0 Å². The number of para-hydroxylation sites is 2. The van der Waals surface area contributed by atoms with Crippen molar-refractivity contribution >= 4 is 33.9 Å². The van der Waals surface area contributed by atoms with E-state index in [1.807, 2.05) is 0 Å². The van der Waals surface area contributed by atoms with E-state index in [9.17, 15) is 14.8 Å². The maximum atomic E-state index is 12.6. The highest BCUT2D eigenvalue weighted by Gasteiger charge is 2.21. The van der Waals surface area contributed by atoms with E-state index in [2.05, 4.69) is 10.3 Å². The fourth-order valence-electron chi connectivity index (χ4n) is 3.20. The van der Waals surface area contributed by atoms with Crippen molar-refractivity contribution in [1.29, 1.82) is 0 Å². The van der Waals surface area contributed by atoms with Crippen LogP contribution in [0.15, 0.2) is 52.9 Å². The molecule has 1 N–H and O–H groups in total. The van der Waals surface area contributed by atoms with Crippen LogP contribution in [-0.4, -0.2) is 23.5 Å². The number of furan rings is 1. The SMILES string of the molecule is CCOC(=O)c1ccc2oc(CNC(=O)c3nc4ccccc4[n+]([O-])c3C)cc2c1. The molecule has 30 heavy (non-hydrogen) atoms. The van der Waals surface area contributed by atoms with Crippen molar-refractivity contribution in [2.45, 2.75) is 20.4 Å². The Balaban J connectivity index is 1.54. The van der Waals surface area contributed by atoms with Crippen LogP contribution in [0.1, 0.15) is 39.2 Å². The highest BCUT2D eigenvalue weighted by molar-refractivity contribution is 5.95. The van der Waals surface area contributed by atoms with Crippen LogP contribution >= 0.6 is 0 Å². The Morgan fingerprint density at radius 3 is 2.80 bits per heavy atom. The lowest BCUT2D eigenvalue weighted by atomic mass is 10.1. The van der Waals surface area contributed by atoms with Crippen LogP contribution in [0.25, 0.3) is 22.0 Å². The van der Waals surface area contributed by atoms with E-state index >= 15 is 0 Å². The lowest BCUT2D eigenvalue weighted by molar-refractivity contribution is -0.584. The Morgan fingerprint density at radius 2 is 2.00 bits per heavy atom. The van der Waals surface area contributed by atoms with Gasteiger partial charge in [-0.3, -0.25) is 4.79 Å². The van der Waals surface area contributed by atoms with E-state index in [1.165, 1.54) is 0 Å². The lowest BCUT2D eigenvalue weighted by Crippen LogP contribution is -2.36. The minimum Gasteiger partial charge on any atom is -0.618 e. The Kier molecular flexibility index (Phi) is 5.05. The topological polar surface area (TPSA) is 108 Å². The second-order valence-electron chi connectivity index (χ2n) is 6.70. The number of hydrogen-bond donors (Lipinski definition) is 1. The van der Waals surface area contributed by atoms with Crippen LogP contribution in [0.4, 0.5) is 0 Å². The zero-order chi connectivity index (χ0) is 21.3. The first-order chi connectivity index (χ1) is 14.5. The zero-order valence-electron chi connectivity index (χ0n) is 16.5. The van der Waals surface area contributed by atoms with E-state index in [4.69, 9.17) is 9.15 Å². The van der Waals surface area contributed by atoms with Crippen LogP contribution in [0.2, 0.25) is 0 Å². The van der Waals surface area contributed by atoms with Gasteiger partial charge in [-0.25, -0.2) is 9.78 Å². The van der Waals surface area contributed by atoms with Crippen LogP contribution in [0.3, 0.4) is 0 Å². The molecule has 8 nitrogen and oxygen atoms in total. The number of carbonyl (C=O) groups excluding carboxylic acids is 2. The third kappa shape index (κ3) is 3.55. The molecule has 0 aliphatic heterocycles. The smallest absolute Gasteiger partial charge is 0.338 e. The van der Waals surface area contributed by atoms with Crippen molar-refractivity contribution in [2.75, 3.05) is 6.61 Å². The molecule has 0 spiro atoms. The van der Waals surface area contributed by atoms with Gasteiger partial charge in [0.1, 0.15) is 16.9 Å². The summed E-state index contributed by atoms with van der Waals surface area (Å²) in [5.74, 6) is -0.373. The van der Waals surface area contributed by atoms with Gasteiger partial charge in [-0.05, 0) is 37.3 Å². The third-order valence-corrected chi connectivity index (χ3v) is 4.70. The number of nitrogens with zero attached hydrogens (tertiary/aromatic N) is 2. The van der Waals surface area contributed by atoms with Gasteiger partial charge in [0.05, 0.1) is 18.7 Å². The van der Waals surface area contributed by atoms with Crippen LogP contribution < -0.4 is 10.0 Å². The molecule has 0 saturated carbocycles. The van der Waals surface area contributed by atoms with E-state index < -0.39 is 11.9 Å². The van der Waals surface area contributed by atoms with Gasteiger partial charge in [0.25, 0.3) is 5.91 Å². The molecule has 0 aliphatic carbocycles. The van der Waals surface area contributed by atoms with Crippen molar-refractivity contribution in [1.82, 2.24) is 10.3 Å². The molecule has 152 valence electrons. The molecule has 1 amide bonds. The second-order valence-corrected chi connectivity index (χ2v) is 6.70. The van der Waals surface area contributed by atoms with Crippen molar-refractivity contribution in [3.8, 4) is 0 Å². The van der Waals surface area contributed by atoms with Crippen LogP contribution in [-0.2, 0) is 11.3 Å². The molecular weight excluding hydrogens is 386 g/mol. The third-order valence-electron chi connectivity index (χ3n) is 4.70. The van der Waals surface area contributed by atoms with Gasteiger partial charge in [-0.2, -0.15) is 4.73 Å². The summed E-state index contributed by atoms with van der Waals surface area (Å²) in [6.07, 6.45) is 0. The number of ether oxygens (including phenoxy) is 1. The fraction of sp³-hybridized carbons (Fsp3) is 0.182. The first-order valence-corrected chi connectivity index (χ1v) is 9.44. The predicted molar refractivity (Wildman–Crippen MR) is 109 cm³/mol. The summed E-state index contributed by atoms with van der Waals surface area (Å²) in [6.45, 7) is 3.70. The molecule has 2 aromatic carbocycles. The Labute approximate surface area is 171 Å². The molecule has 2 heterocycles. The number of amides is 1. The van der Waals surface area contributed by atoms with Crippen molar-refractivity contribution in [3.05, 3.63) is 76.4 Å². The molecular formula is C22H19N3O5. The fourth-order valence-corrected chi connectivity index (χ4v) is 3.20. The molecule has 4 aromatic rings. The summed E-state index contributed by atoms with van der Waals surface area (Å²) >= 11 is 0. The summed E-state index contributed by atoms with van der Waals surface area (Å²) in [6, 6.07) is 13.6. The highest BCUT2D eigenvalue weighted by atomic mass is 16.5. The number of fused-ring (bicyclic) bond motifs is 2. The standard InChI is InChI=1S/C22H19N3O5/c1-3-29-22(27)14-8-9-19-15(10-14)11-16(30-19)12-23-21(26)20-13(2)25(28)18-7-5-4-6-17(18)24-20/h4-11H,3,12H2,1-2H3,(H,23,26). The van der Waals surface area contributed by atoms with Crippen LogP contribution in [0, 0.1) is 12.1 Å². The molecule has 0 atom stereocenters. The number of nitrogens with one attached hydrogen (secondary N) is 1. The summed E-state index contributed by atoms with van der Waals surface area (Å²) in [5.41, 5.74) is 2.14. The molecule has 2 aromatic heterocycles. The Morgan fingerprint density at radius 1 is 1.20 bits per heavy atom. The maximum absolute atomic E-state index is 12.6. The van der Waals surface area contributed by atoms with Gasteiger partial charge in [0, 0.05) is 18.4 Å². The summed E-state index contributed by atoms with van der Waals surface area (Å²) in [7, 11) is 0. The number of benzene rings is 2. The van der Waals surface area contributed by atoms with E-state index in [0.717, 1.165) is 5.39 Å². The lowest BCUT2D eigenvalue weighted by Gasteiger charge is -2.09. The van der Waals surface area contributed by atoms with E-state index in [1.54, 1.807) is 62.4 Å². The van der Waals surface area contributed by atoms with Gasteiger partial charge in [-0.15, -0.1) is 0 Å². The molecule has 0 fully saturated rings. The quantitative estimate of drug-likeness (QED) is 0.311. The molecule has 0 bridgehead atoms. The number of esters is 1. The average Bonchev–Trinajstić information content (AvgIpc) is 3.17. The largest absolute Gasteiger partial charge is 0.618 e. The average molecular weight is 405 g/mol. The minimum atomic E-state index is -0.476. The molecule has 0 aliphatic rings. The molecule has 8 heteroatoms. The van der Waals surface area contributed by atoms with E-state index in [-0.39, 0.29) is 17.9 Å². The molecule has 0 unspecified atom stereocenters. The maximum Gasteiger partial charge on any atom is 0.338 e. The second kappa shape index (κ2) is 7.82. The summed E-state index contributed by atoms with van der Waals surface area (Å²) in [4.78, 5) is 28.8. The summed E-state index contributed by atoms with van der Waals surface area (Å²) < 4.78 is 11.4. The van der Waals surface area contributed by atoms with Gasteiger partial charge in [0.2, 0.25) is 11.2 Å². The summed E-state index contributed by atoms with van der Waals surface area (Å²) in [5, 5.41) is 15.9. The van der Waals surface area contributed by atoms with Gasteiger partial charge in [-0.1, -0.05) is 12.1 Å². The first kappa shape index (κ1) is 19.4. The van der Waals surface area contributed by atoms with Crippen molar-refractivity contribution < 1.29 is 23.5 Å². The predicted octanol–water partition coefficient (Wildman–Crippen LogP) is 3.03. The van der Waals surface area contributed by atoms with Gasteiger partial charge < -0.3 is 19.7 Å². The first-order valence-electron chi connectivity index (χ1n) is 9.44. The molecule has 0 saturated heterocycles. The highest BCUT2D eigenvalue weighted by Crippen LogP contribution is 2.21.